The maximum Gasteiger partial charge on any atom is 0.160 e. The normalized spacial score (nSPS) is 20.8. The smallest absolute Gasteiger partial charge is 0.160 e. The van der Waals surface area contributed by atoms with Crippen molar-refractivity contribution in [3.8, 4) is 0 Å². The van der Waals surface area contributed by atoms with Gasteiger partial charge in [-0.1, -0.05) is 12.1 Å². The third-order valence-electron chi connectivity index (χ3n) is 3.89. The zero-order valence-electron chi connectivity index (χ0n) is 11.5. The summed E-state index contributed by atoms with van der Waals surface area (Å²) in [5, 5.41) is 3.58. The summed E-state index contributed by atoms with van der Waals surface area (Å²) in [6, 6.07) is 12.4. The summed E-state index contributed by atoms with van der Waals surface area (Å²) in [5.41, 5.74) is 2.31. The van der Waals surface area contributed by atoms with Gasteiger partial charge in [-0.3, -0.25) is 4.99 Å². The Hall–Kier alpha value is -2.23. The minimum absolute atomic E-state index is 0.0395. The first-order chi connectivity index (χ1) is 9.83. The molecular weight excluding hydrogens is 250 g/mol. The van der Waals surface area contributed by atoms with Crippen LogP contribution in [0.3, 0.4) is 0 Å². The zero-order valence-corrected chi connectivity index (χ0v) is 11.5. The van der Waals surface area contributed by atoms with Crippen molar-refractivity contribution in [2.45, 2.75) is 19.5 Å². The monoisotopic (exact) mass is 267 g/mol. The fraction of sp³-hybridized carbons (Fsp3) is 0.312. The number of furan rings is 1. The maximum absolute atomic E-state index is 5.83. The SMILES string of the molecule is Cc1ccc([C@@H]2Nc3ccccc3C3=NCCCN32)o1. The van der Waals surface area contributed by atoms with Gasteiger partial charge in [-0.2, -0.15) is 0 Å². The van der Waals surface area contributed by atoms with Crippen molar-refractivity contribution < 1.29 is 4.42 Å². The van der Waals surface area contributed by atoms with Crippen LogP contribution in [0.15, 0.2) is 45.8 Å². The van der Waals surface area contributed by atoms with E-state index in [1.807, 2.05) is 19.1 Å². The molecule has 0 spiro atoms. The third-order valence-corrected chi connectivity index (χ3v) is 3.89. The lowest BCUT2D eigenvalue weighted by Crippen LogP contribution is -2.45. The number of nitrogens with one attached hydrogen (secondary N) is 1. The van der Waals surface area contributed by atoms with Crippen molar-refractivity contribution in [3.63, 3.8) is 0 Å². The summed E-state index contributed by atoms with van der Waals surface area (Å²) in [4.78, 5) is 7.05. The van der Waals surface area contributed by atoms with E-state index in [-0.39, 0.29) is 6.17 Å². The lowest BCUT2D eigenvalue weighted by Gasteiger charge is -2.41. The van der Waals surface area contributed by atoms with Crippen molar-refractivity contribution in [3.05, 3.63) is 53.5 Å². The molecule has 0 fully saturated rings. The Morgan fingerprint density at radius 1 is 1.25 bits per heavy atom. The van der Waals surface area contributed by atoms with E-state index >= 15 is 0 Å². The fourth-order valence-corrected chi connectivity index (χ4v) is 2.97. The second kappa shape index (κ2) is 4.40. The molecule has 0 unspecified atom stereocenters. The molecule has 1 aromatic heterocycles. The Balaban J connectivity index is 1.83. The largest absolute Gasteiger partial charge is 0.462 e. The molecule has 2 aromatic rings. The number of rotatable bonds is 1. The summed E-state index contributed by atoms with van der Waals surface area (Å²) >= 11 is 0. The predicted octanol–water partition coefficient (Wildman–Crippen LogP) is 3.16. The average Bonchev–Trinajstić information content (AvgIpc) is 2.93. The van der Waals surface area contributed by atoms with E-state index in [1.165, 1.54) is 5.56 Å². The maximum atomic E-state index is 5.83. The molecular formula is C16H17N3O. The predicted molar refractivity (Wildman–Crippen MR) is 79.0 cm³/mol. The van der Waals surface area contributed by atoms with Crippen LogP contribution in [0.1, 0.15) is 29.7 Å². The van der Waals surface area contributed by atoms with Crippen molar-refractivity contribution >= 4 is 11.5 Å². The van der Waals surface area contributed by atoms with Crippen LogP contribution in [0.2, 0.25) is 0 Å². The number of anilines is 1. The van der Waals surface area contributed by atoms with Gasteiger partial charge in [0.2, 0.25) is 0 Å². The van der Waals surface area contributed by atoms with Crippen LogP contribution in [0.4, 0.5) is 5.69 Å². The molecule has 4 nitrogen and oxygen atoms in total. The van der Waals surface area contributed by atoms with Gasteiger partial charge in [0.1, 0.15) is 17.4 Å². The average molecular weight is 267 g/mol. The zero-order chi connectivity index (χ0) is 13.5. The van der Waals surface area contributed by atoms with Gasteiger partial charge in [0.15, 0.2) is 6.17 Å². The second-order valence-corrected chi connectivity index (χ2v) is 5.29. The summed E-state index contributed by atoms with van der Waals surface area (Å²) < 4.78 is 5.83. The number of amidine groups is 1. The van der Waals surface area contributed by atoms with Gasteiger partial charge >= 0.3 is 0 Å². The highest BCUT2D eigenvalue weighted by molar-refractivity contribution is 6.05. The van der Waals surface area contributed by atoms with Gasteiger partial charge in [-0.15, -0.1) is 0 Å². The minimum Gasteiger partial charge on any atom is -0.462 e. The van der Waals surface area contributed by atoms with Crippen LogP contribution in [0.25, 0.3) is 0 Å². The van der Waals surface area contributed by atoms with Crippen molar-refractivity contribution in [1.82, 2.24) is 4.90 Å². The van der Waals surface area contributed by atoms with Gasteiger partial charge in [0.25, 0.3) is 0 Å². The highest BCUT2D eigenvalue weighted by Crippen LogP contribution is 2.35. The first kappa shape index (κ1) is 11.6. The number of aryl methyl sites for hydroxylation is 1. The fourth-order valence-electron chi connectivity index (χ4n) is 2.97. The molecule has 0 radical (unpaired) electrons. The van der Waals surface area contributed by atoms with Crippen LogP contribution in [0, 0.1) is 6.92 Å². The second-order valence-electron chi connectivity index (χ2n) is 5.29. The van der Waals surface area contributed by atoms with Crippen LogP contribution >= 0.6 is 0 Å². The number of aliphatic imine (C=N–C) groups is 1. The number of para-hydroxylation sites is 1. The summed E-state index contributed by atoms with van der Waals surface area (Å²) in [5.74, 6) is 2.98. The number of fused-ring (bicyclic) bond motifs is 3. The Morgan fingerprint density at radius 2 is 2.15 bits per heavy atom. The van der Waals surface area contributed by atoms with E-state index in [1.54, 1.807) is 0 Å². The molecule has 4 heteroatoms. The summed E-state index contributed by atoms with van der Waals surface area (Å²) in [6.07, 6.45) is 1.13. The van der Waals surface area contributed by atoms with E-state index in [2.05, 4.69) is 34.5 Å². The van der Waals surface area contributed by atoms with Gasteiger partial charge in [0.05, 0.1) is 0 Å². The summed E-state index contributed by atoms with van der Waals surface area (Å²) in [7, 11) is 0. The van der Waals surface area contributed by atoms with E-state index in [9.17, 15) is 0 Å². The van der Waals surface area contributed by atoms with E-state index < -0.39 is 0 Å². The molecule has 20 heavy (non-hydrogen) atoms. The number of hydrogen-bond donors (Lipinski definition) is 1. The van der Waals surface area contributed by atoms with Crippen molar-refractivity contribution in [2.75, 3.05) is 18.4 Å². The minimum atomic E-state index is 0.0395. The van der Waals surface area contributed by atoms with Crippen LogP contribution in [-0.2, 0) is 0 Å². The first-order valence-corrected chi connectivity index (χ1v) is 7.06. The Morgan fingerprint density at radius 3 is 3.00 bits per heavy atom. The number of hydrogen-bond acceptors (Lipinski definition) is 4. The standard InChI is InChI=1S/C16H17N3O/c1-11-7-8-14(20-11)16-18-13-6-3-2-5-12(13)15-17-9-4-10-19(15)16/h2-3,5-8,16,18H,4,9-10H2,1H3/t16-/m1/s1. The van der Waals surface area contributed by atoms with Crippen molar-refractivity contribution in [1.29, 1.82) is 0 Å². The quantitative estimate of drug-likeness (QED) is 0.862. The molecule has 0 bridgehead atoms. The molecule has 3 heterocycles. The lowest BCUT2D eigenvalue weighted by molar-refractivity contribution is 0.280. The van der Waals surface area contributed by atoms with E-state index in [0.717, 1.165) is 42.6 Å². The van der Waals surface area contributed by atoms with Crippen LogP contribution in [-0.4, -0.2) is 23.8 Å². The molecule has 102 valence electrons. The van der Waals surface area contributed by atoms with E-state index in [0.29, 0.717) is 0 Å². The molecule has 0 saturated carbocycles. The highest BCUT2D eigenvalue weighted by atomic mass is 16.3. The molecule has 1 N–H and O–H groups in total. The molecule has 1 atom stereocenters. The van der Waals surface area contributed by atoms with Gasteiger partial charge in [-0.25, -0.2) is 0 Å². The Bertz CT molecular complexity index is 674. The van der Waals surface area contributed by atoms with E-state index in [4.69, 9.17) is 9.41 Å². The Kier molecular flexibility index (Phi) is 2.55. The molecule has 0 saturated heterocycles. The molecule has 2 aliphatic heterocycles. The third kappa shape index (κ3) is 1.72. The lowest BCUT2D eigenvalue weighted by atomic mass is 10.0. The van der Waals surface area contributed by atoms with Crippen LogP contribution < -0.4 is 5.32 Å². The number of benzene rings is 1. The molecule has 1 aromatic carbocycles. The van der Waals surface area contributed by atoms with Crippen molar-refractivity contribution in [2.24, 2.45) is 4.99 Å². The van der Waals surface area contributed by atoms with Gasteiger partial charge in [0, 0.05) is 24.3 Å². The Labute approximate surface area is 118 Å². The van der Waals surface area contributed by atoms with Gasteiger partial charge < -0.3 is 14.6 Å². The molecule has 0 amide bonds. The van der Waals surface area contributed by atoms with Crippen LogP contribution in [0.5, 0.6) is 0 Å². The summed E-state index contributed by atoms with van der Waals surface area (Å²) in [6.45, 7) is 3.89. The number of nitrogens with zero attached hydrogens (tertiary/aromatic N) is 2. The highest BCUT2D eigenvalue weighted by Gasteiger charge is 2.33. The topological polar surface area (TPSA) is 40.8 Å². The molecule has 4 rings (SSSR count). The first-order valence-electron chi connectivity index (χ1n) is 7.06. The molecule has 0 aliphatic carbocycles. The molecule has 2 aliphatic rings. The van der Waals surface area contributed by atoms with Gasteiger partial charge in [-0.05, 0) is 37.6 Å².